The summed E-state index contributed by atoms with van der Waals surface area (Å²) in [5.41, 5.74) is 0.889. The van der Waals surface area contributed by atoms with Crippen LogP contribution in [-0.4, -0.2) is 31.1 Å². The van der Waals surface area contributed by atoms with Crippen molar-refractivity contribution in [2.45, 2.75) is 24.8 Å². The molecule has 1 saturated carbocycles. The molecule has 0 atom stereocenters. The lowest BCUT2D eigenvalue weighted by Gasteiger charge is -2.47. The van der Waals surface area contributed by atoms with Crippen LogP contribution >= 0.6 is 15.9 Å². The third-order valence-electron chi connectivity index (χ3n) is 4.04. The lowest BCUT2D eigenvalue weighted by Crippen LogP contribution is -2.54. The Morgan fingerprint density at radius 3 is 2.63 bits per heavy atom. The van der Waals surface area contributed by atoms with Gasteiger partial charge in [-0.25, -0.2) is 4.39 Å². The summed E-state index contributed by atoms with van der Waals surface area (Å²) < 4.78 is 14.3. The van der Waals surface area contributed by atoms with E-state index in [-0.39, 0.29) is 10.0 Å². The fourth-order valence-electron chi connectivity index (χ4n) is 2.40. The topological polar surface area (TPSA) is 39.1 Å². The van der Waals surface area contributed by atoms with Gasteiger partial charge < -0.3 is 10.2 Å². The van der Waals surface area contributed by atoms with Crippen LogP contribution in [0.2, 0.25) is 0 Å². The number of anilines is 1. The Kier molecular flexibility index (Phi) is 4.12. The second-order valence-corrected chi connectivity index (χ2v) is 6.02. The minimum Gasteiger partial charge on any atom is -0.381 e. The highest BCUT2D eigenvalue weighted by molar-refractivity contribution is 9.10. The summed E-state index contributed by atoms with van der Waals surface area (Å²) in [6.45, 7) is 0.718. The van der Waals surface area contributed by atoms with E-state index in [2.05, 4.69) is 40.2 Å². The average Bonchev–Trinajstić information content (AvgIpc) is 2.32. The van der Waals surface area contributed by atoms with Gasteiger partial charge in [0.2, 0.25) is 0 Å². The van der Waals surface area contributed by atoms with Crippen molar-refractivity contribution in [3.05, 3.63) is 28.0 Å². The summed E-state index contributed by atoms with van der Waals surface area (Å²) in [5.74, 6) is -0.396. The fourth-order valence-corrected chi connectivity index (χ4v) is 2.83. The molecule has 0 heterocycles. The number of likely N-dealkylation sites (N-methyl/N-ethyl adjacent to an activating group) is 1. The number of rotatable bonds is 4. The predicted octanol–water partition coefficient (Wildman–Crippen LogP) is 3.36. The smallest absolute Gasteiger partial charge is 0.161 e. The number of nitriles is 1. The van der Waals surface area contributed by atoms with Gasteiger partial charge >= 0.3 is 0 Å². The fraction of sp³-hybridized carbons (Fsp3) is 0.500. The maximum absolute atomic E-state index is 14.1. The number of nitrogens with zero attached hydrogens (tertiary/aromatic N) is 2. The lowest BCUT2D eigenvalue weighted by molar-refractivity contribution is 0.0738. The van der Waals surface area contributed by atoms with Gasteiger partial charge in [0.25, 0.3) is 0 Å². The van der Waals surface area contributed by atoms with Gasteiger partial charge in [-0.2, -0.15) is 5.26 Å². The summed E-state index contributed by atoms with van der Waals surface area (Å²) in [7, 11) is 4.12. The van der Waals surface area contributed by atoms with Crippen LogP contribution in [0.25, 0.3) is 0 Å². The quantitative estimate of drug-likeness (QED) is 0.922. The maximum Gasteiger partial charge on any atom is 0.161 e. The average molecular weight is 326 g/mol. The highest BCUT2D eigenvalue weighted by atomic mass is 79.9. The van der Waals surface area contributed by atoms with Crippen molar-refractivity contribution in [1.82, 2.24) is 4.90 Å². The molecular formula is C14H17BrFN3. The molecule has 0 aliphatic heterocycles. The van der Waals surface area contributed by atoms with E-state index >= 15 is 0 Å². The summed E-state index contributed by atoms with van der Waals surface area (Å²) in [4.78, 5) is 2.21. The summed E-state index contributed by atoms with van der Waals surface area (Å²) in [6.07, 6.45) is 3.48. The Morgan fingerprint density at radius 1 is 1.47 bits per heavy atom. The molecule has 3 nitrogen and oxygen atoms in total. The zero-order chi connectivity index (χ0) is 14.0. The van der Waals surface area contributed by atoms with Crippen LogP contribution < -0.4 is 5.32 Å². The highest BCUT2D eigenvalue weighted by Gasteiger charge is 2.38. The zero-order valence-corrected chi connectivity index (χ0v) is 12.7. The van der Waals surface area contributed by atoms with Crippen molar-refractivity contribution >= 4 is 21.6 Å². The number of halogens is 2. The van der Waals surface area contributed by atoms with Crippen LogP contribution in [0.4, 0.5) is 10.1 Å². The maximum atomic E-state index is 14.1. The Labute approximate surface area is 121 Å². The molecule has 0 aromatic heterocycles. The molecule has 1 fully saturated rings. The van der Waals surface area contributed by atoms with E-state index in [1.165, 1.54) is 6.42 Å². The summed E-state index contributed by atoms with van der Waals surface area (Å²) >= 11 is 3.12. The van der Waals surface area contributed by atoms with Crippen LogP contribution in [0.5, 0.6) is 0 Å². The van der Waals surface area contributed by atoms with Gasteiger partial charge in [-0.05, 0) is 61.4 Å². The second kappa shape index (κ2) is 5.48. The minimum atomic E-state index is -0.396. The Bertz CT molecular complexity index is 518. The predicted molar refractivity (Wildman–Crippen MR) is 77.6 cm³/mol. The molecule has 1 aliphatic rings. The van der Waals surface area contributed by atoms with Crippen molar-refractivity contribution in [1.29, 1.82) is 5.26 Å². The highest BCUT2D eigenvalue weighted by Crippen LogP contribution is 2.36. The molecule has 102 valence electrons. The largest absolute Gasteiger partial charge is 0.381 e. The zero-order valence-electron chi connectivity index (χ0n) is 11.1. The van der Waals surface area contributed by atoms with Gasteiger partial charge in [0.15, 0.2) is 5.82 Å². The van der Waals surface area contributed by atoms with Gasteiger partial charge in [-0.15, -0.1) is 0 Å². The van der Waals surface area contributed by atoms with Crippen molar-refractivity contribution < 1.29 is 4.39 Å². The first-order valence-electron chi connectivity index (χ1n) is 6.29. The Morgan fingerprint density at radius 2 is 2.16 bits per heavy atom. The number of hydrogen-bond acceptors (Lipinski definition) is 3. The molecule has 19 heavy (non-hydrogen) atoms. The summed E-state index contributed by atoms with van der Waals surface area (Å²) in [6, 6.07) is 5.20. The van der Waals surface area contributed by atoms with Crippen LogP contribution in [0.3, 0.4) is 0 Å². The van der Waals surface area contributed by atoms with E-state index in [1.54, 1.807) is 12.1 Å². The SMILES string of the molecule is CN(C)C1(CNc2ccc(C#N)c(Br)c2F)CCC1. The molecule has 0 amide bonds. The van der Waals surface area contributed by atoms with Crippen molar-refractivity contribution in [2.75, 3.05) is 26.0 Å². The molecule has 1 N–H and O–H groups in total. The summed E-state index contributed by atoms with van der Waals surface area (Å²) in [5, 5.41) is 12.0. The van der Waals surface area contributed by atoms with Crippen molar-refractivity contribution in [3.63, 3.8) is 0 Å². The number of benzene rings is 1. The molecule has 2 rings (SSSR count). The molecule has 1 aromatic carbocycles. The first-order valence-corrected chi connectivity index (χ1v) is 7.09. The van der Waals surface area contributed by atoms with Crippen LogP contribution in [0.1, 0.15) is 24.8 Å². The molecule has 0 bridgehead atoms. The molecular weight excluding hydrogens is 309 g/mol. The van der Waals surface area contributed by atoms with E-state index in [1.807, 2.05) is 6.07 Å². The standard InChI is InChI=1S/C14H17BrFN3/c1-19(2)14(6-3-7-14)9-18-11-5-4-10(8-17)12(15)13(11)16/h4-5,18H,3,6-7,9H2,1-2H3. The molecule has 0 spiro atoms. The van der Waals surface area contributed by atoms with Gasteiger partial charge in [0, 0.05) is 12.1 Å². The monoisotopic (exact) mass is 325 g/mol. The van der Waals surface area contributed by atoms with Gasteiger partial charge in [-0.1, -0.05) is 0 Å². The first kappa shape index (κ1) is 14.3. The number of hydrogen-bond donors (Lipinski definition) is 1. The van der Waals surface area contributed by atoms with Gasteiger partial charge in [0.05, 0.1) is 15.7 Å². The molecule has 0 saturated heterocycles. The van der Waals surface area contributed by atoms with Gasteiger partial charge in [-0.3, -0.25) is 0 Å². The van der Waals surface area contributed by atoms with Crippen molar-refractivity contribution in [3.8, 4) is 6.07 Å². The van der Waals surface area contributed by atoms with Crippen LogP contribution in [0.15, 0.2) is 16.6 Å². The van der Waals surface area contributed by atoms with Gasteiger partial charge in [0.1, 0.15) is 6.07 Å². The van der Waals surface area contributed by atoms with E-state index in [0.29, 0.717) is 11.3 Å². The van der Waals surface area contributed by atoms with E-state index < -0.39 is 5.82 Å². The van der Waals surface area contributed by atoms with Crippen LogP contribution in [0, 0.1) is 17.1 Å². The van der Waals surface area contributed by atoms with Crippen LogP contribution in [-0.2, 0) is 0 Å². The molecule has 5 heteroatoms. The molecule has 0 unspecified atom stereocenters. The number of nitrogens with one attached hydrogen (secondary N) is 1. The lowest BCUT2D eigenvalue weighted by atomic mass is 9.75. The molecule has 1 aromatic rings. The van der Waals surface area contributed by atoms with E-state index in [4.69, 9.17) is 5.26 Å². The first-order chi connectivity index (χ1) is 9.00. The van der Waals surface area contributed by atoms with Crippen molar-refractivity contribution in [2.24, 2.45) is 0 Å². The molecule has 1 aliphatic carbocycles. The second-order valence-electron chi connectivity index (χ2n) is 5.23. The normalized spacial score (nSPS) is 16.8. The Balaban J connectivity index is 2.13. The Hall–Kier alpha value is -1.12. The van der Waals surface area contributed by atoms with E-state index in [0.717, 1.165) is 19.4 Å². The minimum absolute atomic E-state index is 0.132. The molecule has 0 radical (unpaired) electrons. The third-order valence-corrected chi connectivity index (χ3v) is 4.82. The third kappa shape index (κ3) is 2.60. The van der Waals surface area contributed by atoms with E-state index in [9.17, 15) is 4.39 Å².